The average molecular weight is 187 g/mol. The summed E-state index contributed by atoms with van der Waals surface area (Å²) >= 11 is 0. The van der Waals surface area contributed by atoms with E-state index in [-0.39, 0.29) is 6.04 Å². The van der Waals surface area contributed by atoms with Gasteiger partial charge in [0.15, 0.2) is 0 Å². The van der Waals surface area contributed by atoms with Crippen LogP contribution in [0.5, 0.6) is 0 Å². The van der Waals surface area contributed by atoms with Crippen molar-refractivity contribution < 1.29 is 14.3 Å². The minimum atomic E-state index is -1.44. The van der Waals surface area contributed by atoms with Crippen molar-refractivity contribution in [2.24, 2.45) is 0 Å². The largest absolute Gasteiger partial charge is 0.476 e. The maximum atomic E-state index is 13.0. The van der Waals surface area contributed by atoms with E-state index in [1.54, 1.807) is 0 Å². The van der Waals surface area contributed by atoms with E-state index in [1.165, 1.54) is 0 Å². The Kier molecular flexibility index (Phi) is 3.03. The first kappa shape index (κ1) is 10.2. The Balaban J connectivity index is 2.75. The van der Waals surface area contributed by atoms with E-state index >= 15 is 0 Å². The monoisotopic (exact) mass is 187 g/mol. The van der Waals surface area contributed by atoms with Crippen molar-refractivity contribution in [2.45, 2.75) is 25.8 Å². The van der Waals surface area contributed by atoms with E-state index in [1.807, 2.05) is 14.0 Å². The van der Waals surface area contributed by atoms with E-state index in [9.17, 15) is 9.18 Å². The van der Waals surface area contributed by atoms with Crippen LogP contribution in [0.25, 0.3) is 0 Å². The van der Waals surface area contributed by atoms with Crippen molar-refractivity contribution in [3.05, 3.63) is 11.4 Å². The second-order valence-electron chi connectivity index (χ2n) is 3.51. The van der Waals surface area contributed by atoms with Gasteiger partial charge in [0.1, 0.15) is 0 Å². The zero-order chi connectivity index (χ0) is 10.0. The van der Waals surface area contributed by atoms with Crippen molar-refractivity contribution in [1.29, 1.82) is 0 Å². The molecular formula is C9H14FNO2. The number of halogens is 1. The Morgan fingerprint density at radius 3 is 2.77 bits per heavy atom. The van der Waals surface area contributed by atoms with Gasteiger partial charge in [-0.3, -0.25) is 0 Å². The molecule has 1 atom stereocenters. The average Bonchev–Trinajstić information content (AvgIpc) is 2.08. The first-order valence-electron chi connectivity index (χ1n) is 4.33. The lowest BCUT2D eigenvalue weighted by Gasteiger charge is -2.31. The van der Waals surface area contributed by atoms with Crippen LogP contribution in [0.3, 0.4) is 0 Å². The number of nitrogens with zero attached hydrogens (tertiary/aromatic N) is 1. The molecule has 74 valence electrons. The number of carboxylic acid groups (broad SMARTS) is 1. The zero-order valence-electron chi connectivity index (χ0n) is 7.88. The first-order valence-corrected chi connectivity index (χ1v) is 4.33. The molecule has 4 heteroatoms. The zero-order valence-corrected chi connectivity index (χ0v) is 7.88. The Morgan fingerprint density at radius 2 is 2.31 bits per heavy atom. The molecule has 0 spiro atoms. The van der Waals surface area contributed by atoms with Gasteiger partial charge in [-0.05, 0) is 32.4 Å². The number of aliphatic carboxylic acids is 1. The highest BCUT2D eigenvalue weighted by Gasteiger charge is 2.23. The maximum absolute atomic E-state index is 13.0. The molecule has 1 N–H and O–H groups in total. The molecule has 1 unspecified atom stereocenters. The molecule has 0 amide bonds. The molecule has 0 aromatic heterocycles. The quantitative estimate of drug-likeness (QED) is 0.631. The van der Waals surface area contributed by atoms with Crippen LogP contribution in [0.15, 0.2) is 11.4 Å². The van der Waals surface area contributed by atoms with E-state index in [0.29, 0.717) is 18.4 Å². The van der Waals surface area contributed by atoms with Gasteiger partial charge < -0.3 is 10.0 Å². The smallest absolute Gasteiger partial charge is 0.364 e. The molecule has 0 aliphatic carbocycles. The molecule has 0 aromatic rings. The second kappa shape index (κ2) is 3.87. The third-order valence-corrected chi connectivity index (χ3v) is 2.56. The summed E-state index contributed by atoms with van der Waals surface area (Å²) in [6.45, 7) is 2.70. The fourth-order valence-electron chi connectivity index (χ4n) is 1.50. The van der Waals surface area contributed by atoms with Crippen molar-refractivity contribution >= 4 is 5.97 Å². The van der Waals surface area contributed by atoms with E-state index in [4.69, 9.17) is 5.11 Å². The third-order valence-electron chi connectivity index (χ3n) is 2.56. The third kappa shape index (κ3) is 2.28. The molecule has 0 saturated carbocycles. The Bertz CT molecular complexity index is 250. The number of carboxylic acids is 1. The summed E-state index contributed by atoms with van der Waals surface area (Å²) in [5.41, 5.74) is 0.443. The SMILES string of the molecule is CC1C/C(=C(\F)C(=O)O)CCN1C. The Morgan fingerprint density at radius 1 is 1.69 bits per heavy atom. The predicted molar refractivity (Wildman–Crippen MR) is 47.1 cm³/mol. The van der Waals surface area contributed by atoms with Crippen LogP contribution in [-0.4, -0.2) is 35.6 Å². The molecule has 3 nitrogen and oxygen atoms in total. The summed E-state index contributed by atoms with van der Waals surface area (Å²) in [6, 6.07) is 0.230. The standard InChI is InChI=1S/C9H14FNO2/c1-6-5-7(3-4-11(6)2)8(10)9(12)13/h6H,3-5H2,1-2H3,(H,12,13)/b8-7-. The summed E-state index contributed by atoms with van der Waals surface area (Å²) in [6.07, 6.45) is 1.05. The highest BCUT2D eigenvalue weighted by atomic mass is 19.1. The normalized spacial score (nSPS) is 28.7. The highest BCUT2D eigenvalue weighted by Crippen LogP contribution is 2.24. The number of carbonyl (C=O) groups is 1. The predicted octanol–water partition coefficient (Wildman–Crippen LogP) is 1.41. The number of hydrogen-bond acceptors (Lipinski definition) is 2. The lowest BCUT2D eigenvalue weighted by molar-refractivity contribution is -0.134. The highest BCUT2D eigenvalue weighted by molar-refractivity contribution is 5.84. The lowest BCUT2D eigenvalue weighted by atomic mass is 9.97. The molecule has 13 heavy (non-hydrogen) atoms. The van der Waals surface area contributed by atoms with Gasteiger partial charge in [0, 0.05) is 12.6 Å². The number of likely N-dealkylation sites (tertiary alicyclic amines) is 1. The topological polar surface area (TPSA) is 40.5 Å². The molecule has 1 heterocycles. The van der Waals surface area contributed by atoms with Gasteiger partial charge in [-0.2, -0.15) is 4.39 Å². The molecule has 1 saturated heterocycles. The lowest BCUT2D eigenvalue weighted by Crippen LogP contribution is -2.35. The fourth-order valence-corrected chi connectivity index (χ4v) is 1.50. The Hall–Kier alpha value is -0.900. The first-order chi connectivity index (χ1) is 6.02. The molecule has 0 radical (unpaired) electrons. The van der Waals surface area contributed by atoms with Gasteiger partial charge in [0.2, 0.25) is 5.83 Å². The summed E-state index contributed by atoms with van der Waals surface area (Å²) in [7, 11) is 1.96. The van der Waals surface area contributed by atoms with Crippen LogP contribution in [0.2, 0.25) is 0 Å². The van der Waals surface area contributed by atoms with Gasteiger partial charge in [-0.15, -0.1) is 0 Å². The number of hydrogen-bond donors (Lipinski definition) is 1. The van der Waals surface area contributed by atoms with Crippen LogP contribution in [-0.2, 0) is 4.79 Å². The number of piperidine rings is 1. The minimum absolute atomic E-state index is 0.230. The molecule has 1 aliphatic rings. The summed E-state index contributed by atoms with van der Waals surface area (Å²) in [4.78, 5) is 12.4. The second-order valence-corrected chi connectivity index (χ2v) is 3.51. The molecular weight excluding hydrogens is 173 g/mol. The molecule has 1 rings (SSSR count). The van der Waals surface area contributed by atoms with Crippen LogP contribution in [0.4, 0.5) is 4.39 Å². The summed E-state index contributed by atoms with van der Waals surface area (Å²) < 4.78 is 13.0. The van der Waals surface area contributed by atoms with Crippen molar-refractivity contribution in [3.63, 3.8) is 0 Å². The fraction of sp³-hybridized carbons (Fsp3) is 0.667. The van der Waals surface area contributed by atoms with E-state index in [2.05, 4.69) is 4.90 Å². The van der Waals surface area contributed by atoms with E-state index < -0.39 is 11.8 Å². The van der Waals surface area contributed by atoms with Crippen LogP contribution >= 0.6 is 0 Å². The van der Waals surface area contributed by atoms with Crippen molar-refractivity contribution in [1.82, 2.24) is 4.90 Å². The van der Waals surface area contributed by atoms with Crippen LogP contribution in [0, 0.1) is 0 Å². The van der Waals surface area contributed by atoms with E-state index in [0.717, 1.165) is 6.54 Å². The molecule has 0 bridgehead atoms. The summed E-state index contributed by atoms with van der Waals surface area (Å²) in [5, 5.41) is 8.44. The number of rotatable bonds is 1. The van der Waals surface area contributed by atoms with Gasteiger partial charge >= 0.3 is 5.97 Å². The Labute approximate surface area is 76.8 Å². The van der Waals surface area contributed by atoms with Crippen molar-refractivity contribution in [2.75, 3.05) is 13.6 Å². The molecule has 0 aromatic carbocycles. The molecule has 1 fully saturated rings. The van der Waals surface area contributed by atoms with Gasteiger partial charge in [0.25, 0.3) is 0 Å². The minimum Gasteiger partial charge on any atom is -0.476 e. The van der Waals surface area contributed by atoms with Crippen LogP contribution < -0.4 is 0 Å². The van der Waals surface area contributed by atoms with Crippen molar-refractivity contribution in [3.8, 4) is 0 Å². The summed E-state index contributed by atoms with van der Waals surface area (Å²) in [5.74, 6) is -2.40. The van der Waals surface area contributed by atoms with Crippen LogP contribution in [0.1, 0.15) is 19.8 Å². The van der Waals surface area contributed by atoms with Gasteiger partial charge in [0.05, 0.1) is 0 Å². The van der Waals surface area contributed by atoms with Gasteiger partial charge in [-0.1, -0.05) is 0 Å². The van der Waals surface area contributed by atoms with Gasteiger partial charge in [-0.25, -0.2) is 4.79 Å². The maximum Gasteiger partial charge on any atom is 0.364 e. The molecule has 1 aliphatic heterocycles.